The minimum Gasteiger partial charge on any atom is -0.353 e. The summed E-state index contributed by atoms with van der Waals surface area (Å²) in [6, 6.07) is 3.72. The SMILES string of the molecule is Cc1ccc(N2CCN(C(N)=O)CC2)nc1. The summed E-state index contributed by atoms with van der Waals surface area (Å²) in [5, 5.41) is 0. The van der Waals surface area contributed by atoms with E-state index in [1.54, 1.807) is 4.90 Å². The second kappa shape index (κ2) is 4.38. The summed E-state index contributed by atoms with van der Waals surface area (Å²) < 4.78 is 0. The molecule has 1 aliphatic heterocycles. The van der Waals surface area contributed by atoms with Crippen LogP contribution in [0.4, 0.5) is 10.6 Å². The van der Waals surface area contributed by atoms with Gasteiger partial charge in [0.2, 0.25) is 0 Å². The Kier molecular flexibility index (Phi) is 2.94. The first-order valence-electron chi connectivity index (χ1n) is 5.39. The summed E-state index contributed by atoms with van der Waals surface area (Å²) in [6.45, 7) is 4.94. The molecule has 0 saturated carbocycles. The van der Waals surface area contributed by atoms with Crippen molar-refractivity contribution in [3.8, 4) is 0 Å². The maximum absolute atomic E-state index is 11.0. The predicted molar refractivity (Wildman–Crippen MR) is 62.3 cm³/mol. The predicted octanol–water partition coefficient (Wildman–Crippen LogP) is 0.591. The molecule has 1 aliphatic rings. The van der Waals surface area contributed by atoms with Crippen LogP contribution in [0.2, 0.25) is 0 Å². The average molecular weight is 220 g/mol. The second-order valence-corrected chi connectivity index (χ2v) is 4.01. The Labute approximate surface area is 94.9 Å². The van der Waals surface area contributed by atoms with E-state index in [1.165, 1.54) is 0 Å². The fraction of sp³-hybridized carbons (Fsp3) is 0.455. The molecule has 0 aliphatic carbocycles. The number of pyridine rings is 1. The number of urea groups is 1. The Morgan fingerprint density at radius 1 is 1.31 bits per heavy atom. The summed E-state index contributed by atoms with van der Waals surface area (Å²) in [4.78, 5) is 19.1. The summed E-state index contributed by atoms with van der Waals surface area (Å²) in [5.74, 6) is 0.967. The molecule has 2 rings (SSSR count). The zero-order chi connectivity index (χ0) is 11.5. The lowest BCUT2D eigenvalue weighted by Crippen LogP contribution is -2.50. The fourth-order valence-electron chi connectivity index (χ4n) is 1.80. The van der Waals surface area contributed by atoms with Crippen molar-refractivity contribution in [2.45, 2.75) is 6.92 Å². The number of aryl methyl sites for hydroxylation is 1. The van der Waals surface area contributed by atoms with Gasteiger partial charge in [0.05, 0.1) is 0 Å². The molecule has 0 bridgehead atoms. The second-order valence-electron chi connectivity index (χ2n) is 4.01. The van der Waals surface area contributed by atoms with Crippen molar-refractivity contribution in [2.75, 3.05) is 31.1 Å². The van der Waals surface area contributed by atoms with E-state index in [2.05, 4.69) is 9.88 Å². The monoisotopic (exact) mass is 220 g/mol. The Bertz CT molecular complexity index is 368. The molecule has 0 spiro atoms. The summed E-state index contributed by atoms with van der Waals surface area (Å²) in [7, 11) is 0. The largest absolute Gasteiger partial charge is 0.353 e. The third-order valence-corrected chi connectivity index (χ3v) is 2.81. The topological polar surface area (TPSA) is 62.5 Å². The molecule has 2 heterocycles. The number of primary amides is 1. The standard InChI is InChI=1S/C11H16N4O/c1-9-2-3-10(13-8-9)14-4-6-15(7-5-14)11(12)16/h2-3,8H,4-7H2,1H3,(H2,12,16). The van der Waals surface area contributed by atoms with Crippen LogP contribution in [0.15, 0.2) is 18.3 Å². The van der Waals surface area contributed by atoms with Crippen LogP contribution in [-0.4, -0.2) is 42.1 Å². The van der Waals surface area contributed by atoms with E-state index < -0.39 is 0 Å². The first-order chi connectivity index (χ1) is 7.66. The smallest absolute Gasteiger partial charge is 0.314 e. The molecular weight excluding hydrogens is 204 g/mol. The fourth-order valence-corrected chi connectivity index (χ4v) is 1.80. The van der Waals surface area contributed by atoms with Crippen LogP contribution >= 0.6 is 0 Å². The molecule has 1 fully saturated rings. The Morgan fingerprint density at radius 2 is 2.00 bits per heavy atom. The van der Waals surface area contributed by atoms with Crippen molar-refractivity contribution in [3.63, 3.8) is 0 Å². The molecule has 0 atom stereocenters. The van der Waals surface area contributed by atoms with E-state index in [1.807, 2.05) is 25.3 Å². The van der Waals surface area contributed by atoms with Crippen molar-refractivity contribution < 1.29 is 4.79 Å². The third-order valence-electron chi connectivity index (χ3n) is 2.81. The molecule has 86 valence electrons. The van der Waals surface area contributed by atoms with E-state index in [0.717, 1.165) is 24.5 Å². The summed E-state index contributed by atoms with van der Waals surface area (Å²) in [6.07, 6.45) is 1.86. The Hall–Kier alpha value is -1.78. The normalized spacial score (nSPS) is 16.3. The van der Waals surface area contributed by atoms with E-state index in [9.17, 15) is 4.79 Å². The number of piperazine rings is 1. The number of hydrogen-bond donors (Lipinski definition) is 1. The van der Waals surface area contributed by atoms with Crippen LogP contribution in [-0.2, 0) is 0 Å². The molecule has 1 saturated heterocycles. The molecule has 1 aromatic heterocycles. The van der Waals surface area contributed by atoms with Gasteiger partial charge in [-0.05, 0) is 18.6 Å². The summed E-state index contributed by atoms with van der Waals surface area (Å²) in [5.41, 5.74) is 6.38. The molecule has 0 radical (unpaired) electrons. The minimum atomic E-state index is -0.337. The zero-order valence-corrected chi connectivity index (χ0v) is 9.39. The Balaban J connectivity index is 1.99. The van der Waals surface area contributed by atoms with Crippen LogP contribution in [0.1, 0.15) is 5.56 Å². The maximum Gasteiger partial charge on any atom is 0.314 e. The van der Waals surface area contributed by atoms with Gasteiger partial charge in [-0.15, -0.1) is 0 Å². The van der Waals surface area contributed by atoms with Gasteiger partial charge in [0.1, 0.15) is 5.82 Å². The van der Waals surface area contributed by atoms with Gasteiger partial charge < -0.3 is 15.5 Å². The first-order valence-corrected chi connectivity index (χ1v) is 5.39. The number of hydrogen-bond acceptors (Lipinski definition) is 3. The molecule has 2 N–H and O–H groups in total. The van der Waals surface area contributed by atoms with Crippen molar-refractivity contribution in [3.05, 3.63) is 23.9 Å². The van der Waals surface area contributed by atoms with Gasteiger partial charge in [0.25, 0.3) is 0 Å². The molecule has 1 aromatic rings. The number of rotatable bonds is 1. The van der Waals surface area contributed by atoms with Crippen LogP contribution < -0.4 is 10.6 Å². The van der Waals surface area contributed by atoms with Gasteiger partial charge in [0, 0.05) is 32.4 Å². The van der Waals surface area contributed by atoms with Crippen molar-refractivity contribution >= 4 is 11.8 Å². The van der Waals surface area contributed by atoms with Crippen LogP contribution in [0, 0.1) is 6.92 Å². The van der Waals surface area contributed by atoms with Gasteiger partial charge in [-0.25, -0.2) is 9.78 Å². The number of anilines is 1. The highest BCUT2D eigenvalue weighted by Gasteiger charge is 2.19. The van der Waals surface area contributed by atoms with E-state index in [-0.39, 0.29) is 6.03 Å². The average Bonchev–Trinajstić information content (AvgIpc) is 2.30. The van der Waals surface area contributed by atoms with E-state index >= 15 is 0 Å². The number of carbonyl (C=O) groups is 1. The molecule has 0 aromatic carbocycles. The van der Waals surface area contributed by atoms with Gasteiger partial charge in [0.15, 0.2) is 0 Å². The van der Waals surface area contributed by atoms with E-state index in [4.69, 9.17) is 5.73 Å². The van der Waals surface area contributed by atoms with Gasteiger partial charge in [-0.1, -0.05) is 6.07 Å². The zero-order valence-electron chi connectivity index (χ0n) is 9.39. The third kappa shape index (κ3) is 2.24. The van der Waals surface area contributed by atoms with Crippen LogP contribution in [0.25, 0.3) is 0 Å². The van der Waals surface area contributed by atoms with Gasteiger partial charge in [-0.3, -0.25) is 0 Å². The Morgan fingerprint density at radius 3 is 2.50 bits per heavy atom. The highest BCUT2D eigenvalue weighted by Crippen LogP contribution is 2.13. The van der Waals surface area contributed by atoms with Gasteiger partial charge in [-0.2, -0.15) is 0 Å². The molecule has 16 heavy (non-hydrogen) atoms. The highest BCUT2D eigenvalue weighted by molar-refractivity contribution is 5.72. The number of carbonyl (C=O) groups excluding carboxylic acids is 1. The number of nitrogens with zero attached hydrogens (tertiary/aromatic N) is 3. The molecule has 5 heteroatoms. The number of aromatic nitrogens is 1. The quantitative estimate of drug-likeness (QED) is 0.753. The van der Waals surface area contributed by atoms with Gasteiger partial charge >= 0.3 is 6.03 Å². The van der Waals surface area contributed by atoms with Crippen LogP contribution in [0.3, 0.4) is 0 Å². The van der Waals surface area contributed by atoms with Crippen molar-refractivity contribution in [2.24, 2.45) is 5.73 Å². The van der Waals surface area contributed by atoms with Crippen molar-refractivity contribution in [1.29, 1.82) is 0 Å². The molecule has 5 nitrogen and oxygen atoms in total. The molecule has 2 amide bonds. The minimum absolute atomic E-state index is 0.337. The maximum atomic E-state index is 11.0. The number of nitrogens with two attached hydrogens (primary N) is 1. The molecular formula is C11H16N4O. The lowest BCUT2D eigenvalue weighted by atomic mass is 10.3. The lowest BCUT2D eigenvalue weighted by molar-refractivity contribution is 0.204. The van der Waals surface area contributed by atoms with Crippen LogP contribution in [0.5, 0.6) is 0 Å². The van der Waals surface area contributed by atoms with E-state index in [0.29, 0.717) is 13.1 Å². The lowest BCUT2D eigenvalue weighted by Gasteiger charge is -2.34. The number of amides is 2. The first kappa shape index (κ1) is 10.7. The summed E-state index contributed by atoms with van der Waals surface area (Å²) >= 11 is 0. The highest BCUT2D eigenvalue weighted by atomic mass is 16.2. The molecule has 0 unspecified atom stereocenters. The van der Waals surface area contributed by atoms with Crippen molar-refractivity contribution in [1.82, 2.24) is 9.88 Å².